The summed E-state index contributed by atoms with van der Waals surface area (Å²) in [6, 6.07) is 2.82. The Morgan fingerprint density at radius 2 is 1.68 bits per heavy atom. The van der Waals surface area contributed by atoms with E-state index in [4.69, 9.17) is 9.47 Å². The largest absolute Gasteiger partial charge is 0.511 e. The molecule has 216 valence electrons. The Labute approximate surface area is 249 Å². The third-order valence-corrected chi connectivity index (χ3v) is 8.24. The first-order chi connectivity index (χ1) is 19.4. The van der Waals surface area contributed by atoms with Crippen LogP contribution in [0.4, 0.5) is 0 Å². The van der Waals surface area contributed by atoms with E-state index in [0.717, 1.165) is 6.92 Å². The van der Waals surface area contributed by atoms with Crippen molar-refractivity contribution in [2.24, 2.45) is 17.8 Å². The number of hydrogen-bond acceptors (Lipinski definition) is 10. The van der Waals surface area contributed by atoms with Gasteiger partial charge in [-0.25, -0.2) is 9.59 Å². The Morgan fingerprint density at radius 1 is 1.02 bits per heavy atom. The molecule has 0 aliphatic heterocycles. The monoisotopic (exact) mass is 676 g/mol. The number of hydrogen-bond donors (Lipinski definition) is 3. The van der Waals surface area contributed by atoms with Gasteiger partial charge in [0, 0.05) is 12.0 Å². The third kappa shape index (κ3) is 5.59. The highest BCUT2D eigenvalue weighted by Crippen LogP contribution is 2.50. The SMILES string of the molecule is CCOC(=O)/C(I)=C/C(=C/c1ccc(O)c2c1CC1CC3CC(O)=C(C(C)=O)C(=O)C3C(O)=C1C2=O)C(=O)OCC. The fourth-order valence-corrected chi connectivity index (χ4v) is 6.34. The molecule has 1 aromatic rings. The number of aliphatic hydroxyl groups excluding tert-OH is 2. The lowest BCUT2D eigenvalue weighted by atomic mass is 9.62. The van der Waals surface area contributed by atoms with Crippen molar-refractivity contribution < 1.29 is 48.8 Å². The maximum atomic E-state index is 13.8. The summed E-state index contributed by atoms with van der Waals surface area (Å²) in [5, 5.41) is 32.3. The number of rotatable bonds is 7. The van der Waals surface area contributed by atoms with Gasteiger partial charge in [-0.15, -0.1) is 0 Å². The zero-order chi connectivity index (χ0) is 30.2. The van der Waals surface area contributed by atoms with Crippen molar-refractivity contribution in [1.29, 1.82) is 0 Å². The van der Waals surface area contributed by atoms with Gasteiger partial charge in [0.15, 0.2) is 17.3 Å². The number of aromatic hydroxyl groups is 1. The highest BCUT2D eigenvalue weighted by molar-refractivity contribution is 14.1. The molecule has 3 aliphatic rings. The van der Waals surface area contributed by atoms with E-state index in [-0.39, 0.29) is 69.8 Å². The second-order valence-electron chi connectivity index (χ2n) is 10.0. The quantitative estimate of drug-likeness (QED) is 0.124. The van der Waals surface area contributed by atoms with Crippen LogP contribution in [0.5, 0.6) is 5.75 Å². The van der Waals surface area contributed by atoms with Crippen molar-refractivity contribution in [3.8, 4) is 5.75 Å². The van der Waals surface area contributed by atoms with E-state index in [1.165, 1.54) is 24.3 Å². The van der Waals surface area contributed by atoms with E-state index in [1.807, 2.05) is 0 Å². The first kappa shape index (κ1) is 30.2. The van der Waals surface area contributed by atoms with Crippen molar-refractivity contribution in [1.82, 2.24) is 0 Å². The van der Waals surface area contributed by atoms with Gasteiger partial charge < -0.3 is 24.8 Å². The molecule has 1 aromatic carbocycles. The van der Waals surface area contributed by atoms with Crippen molar-refractivity contribution >= 4 is 58.0 Å². The number of Topliss-reactive ketones (excluding diaryl/α,β-unsaturated/α-hetero) is 3. The second kappa shape index (κ2) is 12.0. The number of carbonyl (C=O) groups excluding carboxylic acids is 5. The normalized spacial score (nSPS) is 22.6. The zero-order valence-corrected chi connectivity index (χ0v) is 24.8. The molecule has 0 spiro atoms. The van der Waals surface area contributed by atoms with Gasteiger partial charge in [0.2, 0.25) is 0 Å². The van der Waals surface area contributed by atoms with E-state index in [0.29, 0.717) is 11.1 Å². The summed E-state index contributed by atoms with van der Waals surface area (Å²) >= 11 is 1.75. The van der Waals surface area contributed by atoms with Crippen LogP contribution in [0.15, 0.2) is 50.0 Å². The third-order valence-electron chi connectivity index (χ3n) is 7.49. The highest BCUT2D eigenvalue weighted by Gasteiger charge is 2.50. The van der Waals surface area contributed by atoms with Gasteiger partial charge >= 0.3 is 11.9 Å². The van der Waals surface area contributed by atoms with Crippen LogP contribution in [0.2, 0.25) is 0 Å². The summed E-state index contributed by atoms with van der Waals surface area (Å²) in [6.45, 7) is 4.67. The fourth-order valence-electron chi connectivity index (χ4n) is 5.85. The van der Waals surface area contributed by atoms with Crippen molar-refractivity contribution in [3.63, 3.8) is 0 Å². The maximum Gasteiger partial charge on any atom is 0.344 e. The predicted molar refractivity (Wildman–Crippen MR) is 154 cm³/mol. The van der Waals surface area contributed by atoms with Gasteiger partial charge in [0.25, 0.3) is 0 Å². The number of fused-ring (bicyclic) bond motifs is 3. The maximum absolute atomic E-state index is 13.8. The molecular formula is C30H29IO10. The highest BCUT2D eigenvalue weighted by atomic mass is 127. The minimum atomic E-state index is -1.14. The summed E-state index contributed by atoms with van der Waals surface area (Å²) in [7, 11) is 0. The molecule has 10 nitrogen and oxygen atoms in total. The van der Waals surface area contributed by atoms with Crippen LogP contribution < -0.4 is 0 Å². The fraction of sp³-hybridized carbons (Fsp3) is 0.367. The molecule has 4 rings (SSSR count). The lowest BCUT2D eigenvalue weighted by Crippen LogP contribution is -2.42. The van der Waals surface area contributed by atoms with Crippen molar-refractivity contribution in [2.45, 2.75) is 40.0 Å². The summed E-state index contributed by atoms with van der Waals surface area (Å²) in [4.78, 5) is 63.8. The number of benzene rings is 1. The molecule has 0 amide bonds. The smallest absolute Gasteiger partial charge is 0.344 e. The number of phenols is 1. The van der Waals surface area contributed by atoms with Gasteiger partial charge in [-0.3, -0.25) is 14.4 Å². The molecule has 41 heavy (non-hydrogen) atoms. The predicted octanol–water partition coefficient (Wildman–Crippen LogP) is 4.40. The molecule has 3 N–H and O–H groups in total. The number of phenolic OH excluding ortho intramolecular Hbond substituents is 1. The summed E-state index contributed by atoms with van der Waals surface area (Å²) in [5.41, 5.74) is 0.407. The van der Waals surface area contributed by atoms with Crippen molar-refractivity contribution in [2.75, 3.05) is 13.2 Å². The standard InChI is InChI=1S/C30H29IO10/c1-4-40-29(38)17(11-19(31)30(39)41-5-2)8-14-6-7-20(33)25-18(14)10-15-9-16-12-21(34)22(13(3)32)26(35)24(16)27(36)23(15)28(25)37/h6-8,11,15-16,24,33-34,36H,4-5,9-10,12H2,1-3H3/b17-8-,19-11-. The number of aliphatic hydroxyl groups is 2. The van der Waals surface area contributed by atoms with Gasteiger partial charge in [0.1, 0.15) is 17.3 Å². The lowest BCUT2D eigenvalue weighted by Gasteiger charge is -2.41. The average molecular weight is 676 g/mol. The molecule has 0 radical (unpaired) electrons. The van der Waals surface area contributed by atoms with Gasteiger partial charge in [0.05, 0.1) is 39.4 Å². The average Bonchev–Trinajstić information content (AvgIpc) is 2.89. The molecule has 0 saturated carbocycles. The zero-order valence-electron chi connectivity index (χ0n) is 22.7. The summed E-state index contributed by atoms with van der Waals surface area (Å²) < 4.78 is 10.3. The Hall–Kier alpha value is -3.74. The van der Waals surface area contributed by atoms with Gasteiger partial charge in [-0.1, -0.05) is 6.07 Å². The Balaban J connectivity index is 1.83. The first-order valence-corrected chi connectivity index (χ1v) is 14.2. The topological polar surface area (TPSA) is 164 Å². The number of ether oxygens (including phenoxy) is 2. The number of esters is 2. The molecule has 11 heteroatoms. The number of halogens is 1. The van der Waals surface area contributed by atoms with Crippen LogP contribution >= 0.6 is 22.6 Å². The molecular weight excluding hydrogens is 647 g/mol. The molecule has 3 atom stereocenters. The van der Waals surface area contributed by atoms with E-state index < -0.39 is 52.8 Å². The number of ketones is 3. The molecule has 0 saturated heterocycles. The minimum Gasteiger partial charge on any atom is -0.511 e. The van der Waals surface area contributed by atoms with Crippen LogP contribution in [-0.4, -0.2) is 57.8 Å². The first-order valence-electron chi connectivity index (χ1n) is 13.1. The van der Waals surface area contributed by atoms with Crippen LogP contribution in [0.1, 0.15) is 55.1 Å². The van der Waals surface area contributed by atoms with Gasteiger partial charge in [-0.05, 0) is 97.4 Å². The summed E-state index contributed by atoms with van der Waals surface area (Å²) in [5.74, 6) is -6.68. The molecule has 0 fully saturated rings. The van der Waals surface area contributed by atoms with Crippen LogP contribution in [0.25, 0.3) is 6.08 Å². The van der Waals surface area contributed by atoms with E-state index in [2.05, 4.69) is 0 Å². The Bertz CT molecular complexity index is 1490. The van der Waals surface area contributed by atoms with Crippen LogP contribution in [0.3, 0.4) is 0 Å². The Morgan fingerprint density at radius 3 is 2.32 bits per heavy atom. The summed E-state index contributed by atoms with van der Waals surface area (Å²) in [6.07, 6.45) is 3.21. The molecule has 3 aliphatic carbocycles. The van der Waals surface area contributed by atoms with E-state index in [1.54, 1.807) is 36.4 Å². The second-order valence-corrected chi connectivity index (χ2v) is 11.2. The minimum absolute atomic E-state index is 0.00287. The number of allylic oxidation sites excluding steroid dienone is 4. The lowest BCUT2D eigenvalue weighted by molar-refractivity contribution is -0.138. The van der Waals surface area contributed by atoms with Crippen molar-refractivity contribution in [3.05, 3.63) is 66.7 Å². The molecule has 3 unspecified atom stereocenters. The van der Waals surface area contributed by atoms with E-state index in [9.17, 15) is 39.3 Å². The Kier molecular flexibility index (Phi) is 8.86. The number of carbonyl (C=O) groups is 5. The van der Waals surface area contributed by atoms with Crippen LogP contribution in [-0.2, 0) is 35.1 Å². The van der Waals surface area contributed by atoms with Crippen LogP contribution in [0, 0.1) is 17.8 Å². The van der Waals surface area contributed by atoms with E-state index >= 15 is 0 Å². The van der Waals surface area contributed by atoms with Gasteiger partial charge in [-0.2, -0.15) is 0 Å². The molecule has 0 aromatic heterocycles. The molecule has 0 heterocycles. The molecule has 0 bridgehead atoms.